The summed E-state index contributed by atoms with van der Waals surface area (Å²) in [5.74, 6) is 0. The summed E-state index contributed by atoms with van der Waals surface area (Å²) in [5.41, 5.74) is 0.0841. The van der Waals surface area contributed by atoms with Crippen molar-refractivity contribution < 1.29 is 9.47 Å². The third-order valence-electron chi connectivity index (χ3n) is 5.21. The molecule has 1 heterocycles. The predicted octanol–water partition coefficient (Wildman–Crippen LogP) is 4.05. The predicted molar refractivity (Wildman–Crippen MR) is 87.7 cm³/mol. The maximum Gasteiger partial charge on any atom is 0.0834 e. The highest BCUT2D eigenvalue weighted by Crippen LogP contribution is 2.37. The topological polar surface area (TPSA) is 30.5 Å². The van der Waals surface area contributed by atoms with E-state index in [2.05, 4.69) is 19.2 Å². The Kier molecular flexibility index (Phi) is 7.48. The Morgan fingerprint density at radius 3 is 2.62 bits per heavy atom. The minimum Gasteiger partial charge on any atom is -0.378 e. The standard InChI is InChI=1S/C18H35NO2/c1-3-14-19-17(11-10-16-9-8-15-20-16)18(21-4-2)12-6-5-7-13-18/h16-17,19H,3-15H2,1-2H3. The minimum absolute atomic E-state index is 0.0841. The lowest BCUT2D eigenvalue weighted by molar-refractivity contribution is -0.0933. The lowest BCUT2D eigenvalue weighted by Gasteiger charge is -2.44. The second kappa shape index (κ2) is 9.12. The van der Waals surface area contributed by atoms with Crippen LogP contribution >= 0.6 is 0 Å². The molecule has 0 spiro atoms. The summed E-state index contributed by atoms with van der Waals surface area (Å²) >= 11 is 0. The van der Waals surface area contributed by atoms with Gasteiger partial charge >= 0.3 is 0 Å². The monoisotopic (exact) mass is 297 g/mol. The van der Waals surface area contributed by atoms with Gasteiger partial charge < -0.3 is 14.8 Å². The molecule has 0 aromatic rings. The molecule has 1 N–H and O–H groups in total. The van der Waals surface area contributed by atoms with Crippen LogP contribution in [0.25, 0.3) is 0 Å². The van der Waals surface area contributed by atoms with Gasteiger partial charge in [0.15, 0.2) is 0 Å². The van der Waals surface area contributed by atoms with E-state index in [9.17, 15) is 0 Å². The summed E-state index contributed by atoms with van der Waals surface area (Å²) in [5, 5.41) is 3.81. The van der Waals surface area contributed by atoms with Gasteiger partial charge in [-0.3, -0.25) is 0 Å². The van der Waals surface area contributed by atoms with Crippen LogP contribution in [-0.2, 0) is 9.47 Å². The molecule has 124 valence electrons. The molecule has 21 heavy (non-hydrogen) atoms. The molecule has 1 saturated carbocycles. The van der Waals surface area contributed by atoms with Crippen LogP contribution in [0.5, 0.6) is 0 Å². The number of hydrogen-bond donors (Lipinski definition) is 1. The molecular weight excluding hydrogens is 262 g/mol. The van der Waals surface area contributed by atoms with Crippen LogP contribution in [0.1, 0.15) is 78.1 Å². The van der Waals surface area contributed by atoms with Crippen LogP contribution in [-0.4, -0.2) is 37.5 Å². The Bertz CT molecular complexity index is 265. The third-order valence-corrected chi connectivity index (χ3v) is 5.21. The summed E-state index contributed by atoms with van der Waals surface area (Å²) in [4.78, 5) is 0. The van der Waals surface area contributed by atoms with Crippen LogP contribution in [0.2, 0.25) is 0 Å². The van der Waals surface area contributed by atoms with Crippen molar-refractivity contribution in [2.45, 2.75) is 95.8 Å². The number of nitrogens with one attached hydrogen (secondary N) is 1. The van der Waals surface area contributed by atoms with Gasteiger partial charge in [0.25, 0.3) is 0 Å². The molecule has 2 atom stereocenters. The fourth-order valence-corrected chi connectivity index (χ4v) is 4.13. The number of hydrogen-bond acceptors (Lipinski definition) is 3. The average Bonchev–Trinajstić information content (AvgIpc) is 3.02. The van der Waals surface area contributed by atoms with Crippen LogP contribution < -0.4 is 5.32 Å². The van der Waals surface area contributed by atoms with Gasteiger partial charge in [-0.15, -0.1) is 0 Å². The van der Waals surface area contributed by atoms with Gasteiger partial charge in [0.05, 0.1) is 11.7 Å². The molecule has 3 heteroatoms. The summed E-state index contributed by atoms with van der Waals surface area (Å²) < 4.78 is 12.2. The largest absolute Gasteiger partial charge is 0.378 e. The van der Waals surface area contributed by atoms with Crippen LogP contribution in [0.4, 0.5) is 0 Å². The van der Waals surface area contributed by atoms with Crippen molar-refractivity contribution in [3.63, 3.8) is 0 Å². The molecule has 3 nitrogen and oxygen atoms in total. The maximum absolute atomic E-state index is 6.34. The van der Waals surface area contributed by atoms with Crippen molar-refractivity contribution in [1.29, 1.82) is 0 Å². The first-order chi connectivity index (χ1) is 10.3. The van der Waals surface area contributed by atoms with E-state index in [-0.39, 0.29) is 5.60 Å². The first-order valence-electron chi connectivity index (χ1n) is 9.29. The lowest BCUT2D eigenvalue weighted by Crippen LogP contribution is -2.54. The quantitative estimate of drug-likeness (QED) is 0.696. The molecule has 2 fully saturated rings. The van der Waals surface area contributed by atoms with Crippen molar-refractivity contribution in [3.8, 4) is 0 Å². The van der Waals surface area contributed by atoms with Gasteiger partial charge in [-0.1, -0.05) is 26.2 Å². The lowest BCUT2D eigenvalue weighted by atomic mass is 9.77. The van der Waals surface area contributed by atoms with Gasteiger partial charge in [0.1, 0.15) is 0 Å². The molecule has 1 aliphatic carbocycles. The van der Waals surface area contributed by atoms with Gasteiger partial charge in [-0.05, 0) is 58.4 Å². The number of rotatable bonds is 9. The van der Waals surface area contributed by atoms with E-state index in [0.717, 1.165) is 19.8 Å². The highest BCUT2D eigenvalue weighted by Gasteiger charge is 2.40. The van der Waals surface area contributed by atoms with Gasteiger partial charge in [0.2, 0.25) is 0 Å². The zero-order valence-corrected chi connectivity index (χ0v) is 14.2. The number of ether oxygens (including phenoxy) is 2. The Labute approximate surface area is 131 Å². The van der Waals surface area contributed by atoms with Crippen molar-refractivity contribution in [2.75, 3.05) is 19.8 Å². The van der Waals surface area contributed by atoms with Crippen LogP contribution in [0.3, 0.4) is 0 Å². The van der Waals surface area contributed by atoms with E-state index in [1.165, 1.54) is 64.2 Å². The van der Waals surface area contributed by atoms with E-state index in [0.29, 0.717) is 12.1 Å². The molecule has 0 bridgehead atoms. The fraction of sp³-hybridized carbons (Fsp3) is 1.00. The molecule has 1 saturated heterocycles. The first-order valence-corrected chi connectivity index (χ1v) is 9.29. The Hall–Kier alpha value is -0.120. The summed E-state index contributed by atoms with van der Waals surface area (Å²) in [7, 11) is 0. The first kappa shape index (κ1) is 17.2. The van der Waals surface area contributed by atoms with Crippen molar-refractivity contribution in [2.24, 2.45) is 0 Å². The van der Waals surface area contributed by atoms with Crippen molar-refractivity contribution in [3.05, 3.63) is 0 Å². The third kappa shape index (κ3) is 4.94. The SMILES string of the molecule is CCCNC(CCC1CCCO1)C1(OCC)CCCCC1. The fourth-order valence-electron chi connectivity index (χ4n) is 4.13. The molecule has 2 unspecified atom stereocenters. The molecule has 2 rings (SSSR count). The summed E-state index contributed by atoms with van der Waals surface area (Å²) in [6.07, 6.45) is 13.1. The second-order valence-electron chi connectivity index (χ2n) is 6.78. The van der Waals surface area contributed by atoms with E-state index in [4.69, 9.17) is 9.47 Å². The van der Waals surface area contributed by atoms with Gasteiger partial charge in [0, 0.05) is 19.3 Å². The van der Waals surface area contributed by atoms with E-state index < -0.39 is 0 Å². The molecule has 0 radical (unpaired) electrons. The Morgan fingerprint density at radius 2 is 2.00 bits per heavy atom. The van der Waals surface area contributed by atoms with E-state index in [1.807, 2.05) is 0 Å². The molecular formula is C18H35NO2. The Balaban J connectivity index is 1.96. The average molecular weight is 297 g/mol. The van der Waals surface area contributed by atoms with Crippen LogP contribution in [0, 0.1) is 0 Å². The highest BCUT2D eigenvalue weighted by atomic mass is 16.5. The minimum atomic E-state index is 0.0841. The molecule has 0 amide bonds. The van der Waals surface area contributed by atoms with E-state index >= 15 is 0 Å². The maximum atomic E-state index is 6.34. The van der Waals surface area contributed by atoms with Crippen molar-refractivity contribution >= 4 is 0 Å². The summed E-state index contributed by atoms with van der Waals surface area (Å²) in [6, 6.07) is 0.502. The second-order valence-corrected chi connectivity index (χ2v) is 6.78. The molecule has 0 aromatic carbocycles. The van der Waals surface area contributed by atoms with E-state index in [1.54, 1.807) is 0 Å². The Morgan fingerprint density at radius 1 is 1.19 bits per heavy atom. The molecule has 2 aliphatic rings. The smallest absolute Gasteiger partial charge is 0.0834 e. The van der Waals surface area contributed by atoms with Gasteiger partial charge in [-0.25, -0.2) is 0 Å². The van der Waals surface area contributed by atoms with Gasteiger partial charge in [-0.2, -0.15) is 0 Å². The highest BCUT2D eigenvalue weighted by molar-refractivity contribution is 4.96. The molecule has 1 aliphatic heterocycles. The van der Waals surface area contributed by atoms with Crippen molar-refractivity contribution in [1.82, 2.24) is 5.32 Å². The zero-order chi connectivity index (χ0) is 15.0. The molecule has 0 aromatic heterocycles. The summed E-state index contributed by atoms with van der Waals surface area (Å²) in [6.45, 7) is 7.30. The van der Waals surface area contributed by atoms with Crippen LogP contribution in [0.15, 0.2) is 0 Å². The zero-order valence-electron chi connectivity index (χ0n) is 14.2. The normalized spacial score (nSPS) is 26.9.